The van der Waals surface area contributed by atoms with Gasteiger partial charge in [0.25, 0.3) is 0 Å². The van der Waals surface area contributed by atoms with Gasteiger partial charge in [-0.25, -0.2) is 4.79 Å². The molecule has 0 radical (unpaired) electrons. The van der Waals surface area contributed by atoms with Crippen molar-refractivity contribution in [3.05, 3.63) is 29.8 Å². The molecule has 0 amide bonds. The maximum absolute atomic E-state index is 11.2. The standard InChI is InChI=1S/C11H15NO4/c1-16-11(15)8-3-2-4-9(5-8)12-10(6-13)7-14/h2-5,10,12-14H,6-7H2,1H3. The lowest BCUT2D eigenvalue weighted by Crippen LogP contribution is -2.27. The van der Waals surface area contributed by atoms with Gasteiger partial charge in [0.15, 0.2) is 0 Å². The van der Waals surface area contributed by atoms with Crippen LogP contribution in [0, 0.1) is 0 Å². The van der Waals surface area contributed by atoms with Gasteiger partial charge in [-0.05, 0) is 18.2 Å². The summed E-state index contributed by atoms with van der Waals surface area (Å²) in [5, 5.41) is 20.7. The number of carbonyl (C=O) groups is 1. The summed E-state index contributed by atoms with van der Waals surface area (Å²) in [5.41, 5.74) is 1.07. The molecule has 16 heavy (non-hydrogen) atoms. The molecule has 0 fully saturated rings. The van der Waals surface area contributed by atoms with Crippen LogP contribution in [-0.4, -0.2) is 42.5 Å². The van der Waals surface area contributed by atoms with Crippen molar-refractivity contribution in [3.8, 4) is 0 Å². The predicted molar refractivity (Wildman–Crippen MR) is 59.4 cm³/mol. The van der Waals surface area contributed by atoms with Crippen LogP contribution in [0.2, 0.25) is 0 Å². The second kappa shape index (κ2) is 6.09. The van der Waals surface area contributed by atoms with Crippen LogP contribution in [0.15, 0.2) is 24.3 Å². The summed E-state index contributed by atoms with van der Waals surface area (Å²) in [6, 6.07) is 6.23. The summed E-state index contributed by atoms with van der Waals surface area (Å²) in [5.74, 6) is -0.423. The summed E-state index contributed by atoms with van der Waals surface area (Å²) in [7, 11) is 1.31. The Hall–Kier alpha value is -1.59. The lowest BCUT2D eigenvalue weighted by molar-refractivity contribution is 0.0601. The molecular weight excluding hydrogens is 210 g/mol. The van der Waals surface area contributed by atoms with Gasteiger partial charge in [0.2, 0.25) is 0 Å². The van der Waals surface area contributed by atoms with Crippen molar-refractivity contribution in [1.29, 1.82) is 0 Å². The Morgan fingerprint density at radius 3 is 2.69 bits per heavy atom. The number of aliphatic hydroxyl groups is 2. The van der Waals surface area contributed by atoms with E-state index in [2.05, 4.69) is 10.1 Å². The Morgan fingerprint density at radius 1 is 1.44 bits per heavy atom. The monoisotopic (exact) mass is 225 g/mol. The summed E-state index contributed by atoms with van der Waals surface area (Å²) < 4.78 is 4.58. The summed E-state index contributed by atoms with van der Waals surface area (Å²) in [6.45, 7) is -0.363. The zero-order chi connectivity index (χ0) is 12.0. The maximum atomic E-state index is 11.2. The van der Waals surface area contributed by atoms with Crippen LogP contribution in [-0.2, 0) is 4.74 Å². The third-order valence-corrected chi connectivity index (χ3v) is 2.10. The third-order valence-electron chi connectivity index (χ3n) is 2.10. The number of anilines is 1. The van der Waals surface area contributed by atoms with Gasteiger partial charge in [0, 0.05) is 5.69 Å². The van der Waals surface area contributed by atoms with Crippen molar-refractivity contribution >= 4 is 11.7 Å². The molecule has 0 saturated carbocycles. The van der Waals surface area contributed by atoms with E-state index in [1.807, 2.05) is 0 Å². The highest BCUT2D eigenvalue weighted by molar-refractivity contribution is 5.90. The number of nitrogens with one attached hydrogen (secondary N) is 1. The largest absolute Gasteiger partial charge is 0.465 e. The lowest BCUT2D eigenvalue weighted by Gasteiger charge is -2.15. The summed E-state index contributed by atoms with van der Waals surface area (Å²) in [6.07, 6.45) is 0. The van der Waals surface area contributed by atoms with E-state index in [0.29, 0.717) is 11.3 Å². The van der Waals surface area contributed by atoms with E-state index in [-0.39, 0.29) is 13.2 Å². The number of benzene rings is 1. The normalized spacial score (nSPS) is 10.2. The molecule has 0 spiro atoms. The fraction of sp³-hybridized carbons (Fsp3) is 0.364. The predicted octanol–water partition coefficient (Wildman–Crippen LogP) is 0.238. The number of ether oxygens (including phenoxy) is 1. The van der Waals surface area contributed by atoms with E-state index in [4.69, 9.17) is 10.2 Å². The van der Waals surface area contributed by atoms with E-state index in [1.54, 1.807) is 24.3 Å². The van der Waals surface area contributed by atoms with Gasteiger partial charge < -0.3 is 20.3 Å². The number of methoxy groups -OCH3 is 1. The van der Waals surface area contributed by atoms with E-state index in [1.165, 1.54) is 7.11 Å². The molecule has 1 rings (SSSR count). The minimum atomic E-state index is -0.437. The van der Waals surface area contributed by atoms with Crippen molar-refractivity contribution in [1.82, 2.24) is 0 Å². The first kappa shape index (κ1) is 12.5. The van der Waals surface area contributed by atoms with Gasteiger partial charge in [-0.15, -0.1) is 0 Å². The molecule has 0 aromatic heterocycles. The number of hydrogen-bond donors (Lipinski definition) is 3. The second-order valence-electron chi connectivity index (χ2n) is 3.28. The first-order valence-electron chi connectivity index (χ1n) is 4.88. The van der Waals surface area contributed by atoms with Crippen molar-refractivity contribution in [3.63, 3.8) is 0 Å². The molecule has 0 atom stereocenters. The first-order chi connectivity index (χ1) is 7.71. The Balaban J connectivity index is 2.78. The molecule has 0 aliphatic carbocycles. The van der Waals surface area contributed by atoms with Crippen LogP contribution in [0.1, 0.15) is 10.4 Å². The van der Waals surface area contributed by atoms with Gasteiger partial charge in [-0.1, -0.05) is 6.07 Å². The SMILES string of the molecule is COC(=O)c1cccc(NC(CO)CO)c1. The molecule has 5 nitrogen and oxygen atoms in total. The van der Waals surface area contributed by atoms with E-state index >= 15 is 0 Å². The van der Waals surface area contributed by atoms with Crippen LogP contribution in [0.25, 0.3) is 0 Å². The second-order valence-corrected chi connectivity index (χ2v) is 3.28. The summed E-state index contributed by atoms with van der Waals surface area (Å²) >= 11 is 0. The molecule has 0 unspecified atom stereocenters. The molecule has 0 bridgehead atoms. The Bertz CT molecular complexity index is 350. The van der Waals surface area contributed by atoms with Crippen LogP contribution in [0.5, 0.6) is 0 Å². The Labute approximate surface area is 93.7 Å². The third kappa shape index (κ3) is 3.22. The molecule has 0 heterocycles. The highest BCUT2D eigenvalue weighted by atomic mass is 16.5. The Kier molecular flexibility index (Phi) is 4.75. The molecular formula is C11H15NO4. The van der Waals surface area contributed by atoms with E-state index < -0.39 is 12.0 Å². The van der Waals surface area contributed by atoms with E-state index in [9.17, 15) is 4.79 Å². The van der Waals surface area contributed by atoms with Crippen molar-refractivity contribution in [2.45, 2.75) is 6.04 Å². The summed E-state index contributed by atoms with van der Waals surface area (Å²) in [4.78, 5) is 11.2. The van der Waals surface area contributed by atoms with Crippen LogP contribution < -0.4 is 5.32 Å². The fourth-order valence-corrected chi connectivity index (χ4v) is 1.24. The van der Waals surface area contributed by atoms with E-state index in [0.717, 1.165) is 0 Å². The molecule has 0 saturated heterocycles. The number of rotatable bonds is 5. The van der Waals surface area contributed by atoms with Crippen LogP contribution in [0.4, 0.5) is 5.69 Å². The maximum Gasteiger partial charge on any atom is 0.337 e. The molecule has 88 valence electrons. The Morgan fingerprint density at radius 2 is 2.12 bits per heavy atom. The zero-order valence-corrected chi connectivity index (χ0v) is 9.01. The molecule has 1 aromatic rings. The van der Waals surface area contributed by atoms with Gasteiger partial charge in [-0.3, -0.25) is 0 Å². The number of hydrogen-bond acceptors (Lipinski definition) is 5. The molecule has 5 heteroatoms. The lowest BCUT2D eigenvalue weighted by atomic mass is 10.2. The van der Waals surface area contributed by atoms with Gasteiger partial charge in [0.05, 0.1) is 31.9 Å². The van der Waals surface area contributed by atoms with Crippen molar-refractivity contribution < 1.29 is 19.7 Å². The van der Waals surface area contributed by atoms with Crippen LogP contribution >= 0.6 is 0 Å². The van der Waals surface area contributed by atoms with Crippen molar-refractivity contribution in [2.75, 3.05) is 25.6 Å². The average Bonchev–Trinajstić information content (AvgIpc) is 2.35. The zero-order valence-electron chi connectivity index (χ0n) is 9.01. The van der Waals surface area contributed by atoms with Gasteiger partial charge in [0.1, 0.15) is 0 Å². The van der Waals surface area contributed by atoms with Crippen LogP contribution in [0.3, 0.4) is 0 Å². The highest BCUT2D eigenvalue weighted by Crippen LogP contribution is 2.12. The fourth-order valence-electron chi connectivity index (χ4n) is 1.24. The van der Waals surface area contributed by atoms with Gasteiger partial charge in [-0.2, -0.15) is 0 Å². The first-order valence-corrected chi connectivity index (χ1v) is 4.88. The molecule has 0 aliphatic rings. The smallest absolute Gasteiger partial charge is 0.337 e. The van der Waals surface area contributed by atoms with Crippen molar-refractivity contribution in [2.24, 2.45) is 0 Å². The number of aliphatic hydroxyl groups excluding tert-OH is 2. The highest BCUT2D eigenvalue weighted by Gasteiger charge is 2.08. The molecule has 3 N–H and O–H groups in total. The minimum Gasteiger partial charge on any atom is -0.465 e. The number of carbonyl (C=O) groups excluding carboxylic acids is 1. The number of esters is 1. The molecule has 0 aliphatic heterocycles. The topological polar surface area (TPSA) is 78.8 Å². The minimum absolute atomic E-state index is 0.182. The average molecular weight is 225 g/mol. The molecule has 1 aromatic carbocycles. The quantitative estimate of drug-likeness (QED) is 0.625. The van der Waals surface area contributed by atoms with Gasteiger partial charge >= 0.3 is 5.97 Å².